The van der Waals surface area contributed by atoms with Gasteiger partial charge in [0, 0.05) is 12.1 Å². The van der Waals surface area contributed by atoms with E-state index in [1.165, 1.54) is 22.9 Å². The smallest absolute Gasteiger partial charge is 0.357 e. The summed E-state index contributed by atoms with van der Waals surface area (Å²) in [5, 5.41) is 12.8. The Bertz CT molecular complexity index is 1170. The van der Waals surface area contributed by atoms with Crippen LogP contribution in [0.25, 0.3) is 16.3 Å². The van der Waals surface area contributed by atoms with E-state index in [4.69, 9.17) is 9.26 Å². The van der Waals surface area contributed by atoms with E-state index in [-0.39, 0.29) is 11.5 Å². The van der Waals surface area contributed by atoms with E-state index in [0.29, 0.717) is 17.1 Å². The standard InChI is InChI=1S/C21H18N4O4S/c1-13-11-19(24-29-13)22-20(26)14(2)28-21(27)17-12-16(18-9-6-10-30-18)23-25(17)15-7-4-3-5-8-15/h3-12,14H,1-2H3,(H,22,24,26). The van der Waals surface area contributed by atoms with Crippen LogP contribution in [0.3, 0.4) is 0 Å². The van der Waals surface area contributed by atoms with E-state index in [1.54, 1.807) is 19.1 Å². The number of aryl methyl sites for hydroxylation is 1. The van der Waals surface area contributed by atoms with Crippen molar-refractivity contribution in [2.45, 2.75) is 20.0 Å². The maximum Gasteiger partial charge on any atom is 0.357 e. The summed E-state index contributed by atoms with van der Waals surface area (Å²) >= 11 is 1.52. The van der Waals surface area contributed by atoms with Crippen LogP contribution in [0.15, 0.2) is 64.5 Å². The average Bonchev–Trinajstić information content (AvgIpc) is 3.49. The summed E-state index contributed by atoms with van der Waals surface area (Å²) < 4.78 is 11.8. The van der Waals surface area contributed by atoms with Gasteiger partial charge < -0.3 is 14.6 Å². The van der Waals surface area contributed by atoms with Crippen molar-refractivity contribution < 1.29 is 18.8 Å². The highest BCUT2D eigenvalue weighted by atomic mass is 32.1. The van der Waals surface area contributed by atoms with Crippen molar-refractivity contribution >= 4 is 29.0 Å². The number of ether oxygens (including phenoxy) is 1. The molecular formula is C21H18N4O4S. The zero-order valence-corrected chi connectivity index (χ0v) is 17.1. The van der Waals surface area contributed by atoms with Crippen molar-refractivity contribution in [2.75, 3.05) is 5.32 Å². The van der Waals surface area contributed by atoms with Crippen molar-refractivity contribution in [2.24, 2.45) is 0 Å². The number of nitrogens with one attached hydrogen (secondary N) is 1. The Morgan fingerprint density at radius 3 is 2.63 bits per heavy atom. The molecule has 0 saturated heterocycles. The van der Waals surface area contributed by atoms with E-state index in [0.717, 1.165) is 4.88 Å². The summed E-state index contributed by atoms with van der Waals surface area (Å²) in [5.41, 5.74) is 1.58. The fourth-order valence-electron chi connectivity index (χ4n) is 2.76. The first-order valence-corrected chi connectivity index (χ1v) is 10.0. The molecule has 1 unspecified atom stereocenters. The number of para-hydroxylation sites is 1. The molecule has 0 aliphatic heterocycles. The molecule has 0 aliphatic carbocycles. The molecule has 4 aromatic rings. The molecule has 3 heterocycles. The molecule has 0 spiro atoms. The van der Waals surface area contributed by atoms with Crippen molar-refractivity contribution in [3.63, 3.8) is 0 Å². The second kappa shape index (κ2) is 8.34. The number of carbonyl (C=O) groups is 2. The number of amides is 1. The Labute approximate surface area is 176 Å². The lowest BCUT2D eigenvalue weighted by Crippen LogP contribution is -2.30. The van der Waals surface area contributed by atoms with Gasteiger partial charge >= 0.3 is 5.97 Å². The molecule has 0 bridgehead atoms. The van der Waals surface area contributed by atoms with E-state index >= 15 is 0 Å². The van der Waals surface area contributed by atoms with Crippen LogP contribution in [0.2, 0.25) is 0 Å². The second-order valence-electron chi connectivity index (χ2n) is 6.50. The zero-order chi connectivity index (χ0) is 21.1. The first-order valence-electron chi connectivity index (χ1n) is 9.16. The average molecular weight is 422 g/mol. The molecule has 3 aromatic heterocycles. The fourth-order valence-corrected chi connectivity index (χ4v) is 3.45. The van der Waals surface area contributed by atoms with Gasteiger partial charge in [-0.25, -0.2) is 9.48 Å². The summed E-state index contributed by atoms with van der Waals surface area (Å²) in [5.74, 6) is -0.355. The summed E-state index contributed by atoms with van der Waals surface area (Å²) in [6.07, 6.45) is -1.04. The third-order valence-corrected chi connectivity index (χ3v) is 5.12. The van der Waals surface area contributed by atoms with E-state index in [1.807, 2.05) is 47.8 Å². The van der Waals surface area contributed by atoms with Crippen molar-refractivity contribution in [3.05, 3.63) is 71.4 Å². The van der Waals surface area contributed by atoms with Gasteiger partial charge in [-0.1, -0.05) is 29.4 Å². The number of anilines is 1. The SMILES string of the molecule is Cc1cc(NC(=O)C(C)OC(=O)c2cc(-c3cccs3)nn2-c2ccccc2)no1. The van der Waals surface area contributed by atoms with Gasteiger partial charge in [-0.05, 0) is 37.4 Å². The second-order valence-corrected chi connectivity index (χ2v) is 7.45. The zero-order valence-electron chi connectivity index (χ0n) is 16.2. The molecule has 1 N–H and O–H groups in total. The molecule has 0 aliphatic rings. The van der Waals surface area contributed by atoms with Gasteiger partial charge in [0.25, 0.3) is 5.91 Å². The molecule has 4 rings (SSSR count). The quantitative estimate of drug-likeness (QED) is 0.470. The molecular weight excluding hydrogens is 404 g/mol. The van der Waals surface area contributed by atoms with Gasteiger partial charge in [0.05, 0.1) is 10.6 Å². The number of rotatable bonds is 6. The van der Waals surface area contributed by atoms with Crippen molar-refractivity contribution in [1.29, 1.82) is 0 Å². The number of aromatic nitrogens is 3. The van der Waals surface area contributed by atoms with Gasteiger partial charge in [-0.3, -0.25) is 4.79 Å². The van der Waals surface area contributed by atoms with Crippen LogP contribution in [0.1, 0.15) is 23.2 Å². The molecule has 1 atom stereocenters. The molecule has 0 radical (unpaired) electrons. The Morgan fingerprint density at radius 2 is 1.97 bits per heavy atom. The molecule has 1 amide bonds. The lowest BCUT2D eigenvalue weighted by molar-refractivity contribution is -0.123. The largest absolute Gasteiger partial charge is 0.448 e. The third kappa shape index (κ3) is 4.15. The monoisotopic (exact) mass is 422 g/mol. The Balaban J connectivity index is 1.57. The summed E-state index contributed by atoms with van der Waals surface area (Å²) in [6.45, 7) is 3.20. The molecule has 8 nitrogen and oxygen atoms in total. The number of hydrogen-bond acceptors (Lipinski definition) is 7. The normalized spacial score (nSPS) is 11.8. The van der Waals surface area contributed by atoms with Crippen LogP contribution in [-0.2, 0) is 9.53 Å². The fraction of sp³-hybridized carbons (Fsp3) is 0.143. The molecule has 0 saturated carbocycles. The number of carbonyl (C=O) groups excluding carboxylic acids is 2. The molecule has 0 fully saturated rings. The van der Waals surface area contributed by atoms with Gasteiger partial charge in [0.15, 0.2) is 17.6 Å². The van der Waals surface area contributed by atoms with Crippen LogP contribution >= 0.6 is 11.3 Å². The lowest BCUT2D eigenvalue weighted by Gasteiger charge is -2.13. The first-order chi connectivity index (χ1) is 14.5. The number of thiophene rings is 1. The van der Waals surface area contributed by atoms with Crippen LogP contribution < -0.4 is 5.32 Å². The number of hydrogen-bond donors (Lipinski definition) is 1. The Morgan fingerprint density at radius 1 is 1.17 bits per heavy atom. The van der Waals surface area contributed by atoms with Crippen LogP contribution in [0.4, 0.5) is 5.82 Å². The van der Waals surface area contributed by atoms with Crippen LogP contribution in [-0.4, -0.2) is 32.9 Å². The summed E-state index contributed by atoms with van der Waals surface area (Å²) in [4.78, 5) is 26.2. The van der Waals surface area contributed by atoms with Gasteiger partial charge in [-0.15, -0.1) is 11.3 Å². The predicted molar refractivity (Wildman–Crippen MR) is 112 cm³/mol. The van der Waals surface area contributed by atoms with Crippen LogP contribution in [0, 0.1) is 6.92 Å². The molecule has 9 heteroatoms. The van der Waals surface area contributed by atoms with E-state index < -0.39 is 18.0 Å². The predicted octanol–water partition coefficient (Wildman–Crippen LogP) is 4.08. The van der Waals surface area contributed by atoms with Crippen LogP contribution in [0.5, 0.6) is 0 Å². The molecule has 30 heavy (non-hydrogen) atoms. The number of esters is 1. The minimum atomic E-state index is -1.04. The Kier molecular flexibility index (Phi) is 5.44. The highest BCUT2D eigenvalue weighted by molar-refractivity contribution is 7.13. The highest BCUT2D eigenvalue weighted by Crippen LogP contribution is 2.26. The van der Waals surface area contributed by atoms with Gasteiger partial charge in [0.1, 0.15) is 11.5 Å². The minimum Gasteiger partial charge on any atom is -0.448 e. The first kappa shape index (κ1) is 19.6. The third-order valence-electron chi connectivity index (χ3n) is 4.23. The molecule has 1 aromatic carbocycles. The molecule has 152 valence electrons. The highest BCUT2D eigenvalue weighted by Gasteiger charge is 2.24. The summed E-state index contributed by atoms with van der Waals surface area (Å²) in [7, 11) is 0. The van der Waals surface area contributed by atoms with Gasteiger partial charge in [-0.2, -0.15) is 5.10 Å². The topological polar surface area (TPSA) is 99.2 Å². The lowest BCUT2D eigenvalue weighted by atomic mass is 10.3. The van der Waals surface area contributed by atoms with E-state index in [9.17, 15) is 9.59 Å². The number of benzene rings is 1. The van der Waals surface area contributed by atoms with Gasteiger partial charge in [0.2, 0.25) is 0 Å². The summed E-state index contributed by atoms with van der Waals surface area (Å²) in [6, 6.07) is 16.3. The van der Waals surface area contributed by atoms with E-state index in [2.05, 4.69) is 15.6 Å². The minimum absolute atomic E-state index is 0.224. The van der Waals surface area contributed by atoms with Crippen molar-refractivity contribution in [3.8, 4) is 16.3 Å². The maximum atomic E-state index is 12.9. The maximum absolute atomic E-state index is 12.9. The van der Waals surface area contributed by atoms with Crippen molar-refractivity contribution in [1.82, 2.24) is 14.9 Å². The number of nitrogens with zero attached hydrogens (tertiary/aromatic N) is 3. The Hall–Kier alpha value is -3.72.